The Kier molecular flexibility index (Phi) is 6.02. The Labute approximate surface area is 161 Å². The highest BCUT2D eigenvalue weighted by molar-refractivity contribution is 9.10. The molecule has 1 N–H and O–H groups in total. The normalized spacial score (nSPS) is 18.7. The second-order valence-electron chi connectivity index (χ2n) is 6.32. The minimum Gasteiger partial charge on any atom is -0.493 e. The lowest BCUT2D eigenvalue weighted by molar-refractivity contribution is 0.0946. The number of nitrogens with one attached hydrogen (secondary N) is 1. The summed E-state index contributed by atoms with van der Waals surface area (Å²) < 4.78 is 6.82. The standard InChI is InChI=1S/C20H21BrClNO2/c1-2-3-10-25-19-9-8-15(22)11-17(19)20(24)23-18-12-16(18)13-4-6-14(21)7-5-13/h4-9,11,16,18H,2-3,10,12H2,1H3,(H,23,24)/t16-,18-/m1/s1. The Morgan fingerprint density at radius 1 is 1.28 bits per heavy atom. The van der Waals surface area contributed by atoms with E-state index in [9.17, 15) is 4.79 Å². The van der Waals surface area contributed by atoms with Crippen molar-refractivity contribution in [3.8, 4) is 5.75 Å². The largest absolute Gasteiger partial charge is 0.493 e. The molecule has 1 amide bonds. The van der Waals surface area contributed by atoms with Gasteiger partial charge in [0.1, 0.15) is 5.75 Å². The average molecular weight is 423 g/mol. The average Bonchev–Trinajstić information content (AvgIpc) is 3.36. The van der Waals surface area contributed by atoms with Crippen molar-refractivity contribution < 1.29 is 9.53 Å². The molecule has 132 valence electrons. The number of hydrogen-bond donors (Lipinski definition) is 1. The van der Waals surface area contributed by atoms with E-state index >= 15 is 0 Å². The van der Waals surface area contributed by atoms with Crippen LogP contribution in [-0.4, -0.2) is 18.6 Å². The van der Waals surface area contributed by atoms with Crippen LogP contribution in [0.2, 0.25) is 5.02 Å². The van der Waals surface area contributed by atoms with E-state index in [-0.39, 0.29) is 11.9 Å². The molecule has 25 heavy (non-hydrogen) atoms. The van der Waals surface area contributed by atoms with E-state index in [1.807, 2.05) is 12.1 Å². The van der Waals surface area contributed by atoms with Crippen molar-refractivity contribution in [3.05, 3.63) is 63.1 Å². The van der Waals surface area contributed by atoms with Gasteiger partial charge >= 0.3 is 0 Å². The first kappa shape index (κ1) is 18.3. The highest BCUT2D eigenvalue weighted by Gasteiger charge is 2.39. The summed E-state index contributed by atoms with van der Waals surface area (Å²) in [7, 11) is 0. The summed E-state index contributed by atoms with van der Waals surface area (Å²) in [4.78, 5) is 12.7. The van der Waals surface area contributed by atoms with Gasteiger partial charge in [-0.05, 0) is 48.7 Å². The molecule has 5 heteroatoms. The molecule has 2 aromatic carbocycles. The molecule has 2 atom stereocenters. The van der Waals surface area contributed by atoms with Gasteiger partial charge in [-0.2, -0.15) is 0 Å². The maximum Gasteiger partial charge on any atom is 0.255 e. The molecule has 0 aliphatic heterocycles. The monoisotopic (exact) mass is 421 g/mol. The molecule has 0 spiro atoms. The third-order valence-corrected chi connectivity index (χ3v) is 5.11. The topological polar surface area (TPSA) is 38.3 Å². The summed E-state index contributed by atoms with van der Waals surface area (Å²) in [6.45, 7) is 2.71. The van der Waals surface area contributed by atoms with E-state index in [1.165, 1.54) is 5.56 Å². The molecule has 1 aliphatic carbocycles. The maximum atomic E-state index is 12.7. The van der Waals surface area contributed by atoms with Crippen LogP contribution in [0.3, 0.4) is 0 Å². The van der Waals surface area contributed by atoms with Crippen LogP contribution < -0.4 is 10.1 Å². The molecule has 1 saturated carbocycles. The van der Waals surface area contributed by atoms with Gasteiger partial charge < -0.3 is 10.1 Å². The van der Waals surface area contributed by atoms with Crippen molar-refractivity contribution in [3.63, 3.8) is 0 Å². The molecule has 1 fully saturated rings. The number of carbonyl (C=O) groups is 1. The summed E-state index contributed by atoms with van der Waals surface area (Å²) in [5.41, 5.74) is 1.75. The Balaban J connectivity index is 1.65. The van der Waals surface area contributed by atoms with Gasteiger partial charge in [0.2, 0.25) is 0 Å². The summed E-state index contributed by atoms with van der Waals surface area (Å²) in [6.07, 6.45) is 2.96. The molecule has 0 aromatic heterocycles. The number of carbonyl (C=O) groups excluding carboxylic acids is 1. The van der Waals surface area contributed by atoms with Crippen LogP contribution in [0.25, 0.3) is 0 Å². The zero-order valence-electron chi connectivity index (χ0n) is 14.1. The van der Waals surface area contributed by atoms with Crippen LogP contribution in [0.4, 0.5) is 0 Å². The number of rotatable bonds is 7. The summed E-state index contributed by atoms with van der Waals surface area (Å²) >= 11 is 9.52. The molecule has 3 nitrogen and oxygen atoms in total. The van der Waals surface area contributed by atoms with E-state index < -0.39 is 0 Å². The fourth-order valence-electron chi connectivity index (χ4n) is 2.81. The Morgan fingerprint density at radius 2 is 2.04 bits per heavy atom. The second kappa shape index (κ2) is 8.24. The van der Waals surface area contributed by atoms with E-state index in [0.717, 1.165) is 23.7 Å². The van der Waals surface area contributed by atoms with Gasteiger partial charge in [-0.3, -0.25) is 4.79 Å². The SMILES string of the molecule is CCCCOc1ccc(Cl)cc1C(=O)N[C@@H]1C[C@@H]1c1ccc(Br)cc1. The smallest absolute Gasteiger partial charge is 0.255 e. The van der Waals surface area contributed by atoms with Crippen LogP contribution in [0.5, 0.6) is 5.75 Å². The van der Waals surface area contributed by atoms with Crippen molar-refractivity contribution >= 4 is 33.4 Å². The van der Waals surface area contributed by atoms with E-state index in [2.05, 4.69) is 40.3 Å². The van der Waals surface area contributed by atoms with Crippen molar-refractivity contribution in [2.75, 3.05) is 6.61 Å². The molecule has 0 unspecified atom stereocenters. The highest BCUT2D eigenvalue weighted by atomic mass is 79.9. The van der Waals surface area contributed by atoms with Crippen LogP contribution >= 0.6 is 27.5 Å². The van der Waals surface area contributed by atoms with Gasteiger partial charge in [0.25, 0.3) is 5.91 Å². The molecular formula is C20H21BrClNO2. The van der Waals surface area contributed by atoms with Gasteiger partial charge in [0.05, 0.1) is 12.2 Å². The molecule has 1 aliphatic rings. The first-order valence-electron chi connectivity index (χ1n) is 8.57. The number of hydrogen-bond acceptors (Lipinski definition) is 2. The lowest BCUT2D eigenvalue weighted by Gasteiger charge is -2.12. The fourth-order valence-corrected chi connectivity index (χ4v) is 3.25. The van der Waals surface area contributed by atoms with Gasteiger partial charge in [-0.25, -0.2) is 0 Å². The molecule has 3 rings (SSSR count). The molecule has 0 radical (unpaired) electrons. The third-order valence-electron chi connectivity index (χ3n) is 4.35. The number of unbranched alkanes of at least 4 members (excludes halogenated alkanes) is 1. The number of amides is 1. The Bertz CT molecular complexity index is 748. The van der Waals surface area contributed by atoms with Gasteiger partial charge in [0.15, 0.2) is 0 Å². The fraction of sp³-hybridized carbons (Fsp3) is 0.350. The highest BCUT2D eigenvalue weighted by Crippen LogP contribution is 2.41. The summed E-state index contributed by atoms with van der Waals surface area (Å²) in [5.74, 6) is 0.843. The van der Waals surface area contributed by atoms with Crippen LogP contribution in [0.1, 0.15) is 48.0 Å². The number of halogens is 2. The van der Waals surface area contributed by atoms with Crippen molar-refractivity contribution in [2.24, 2.45) is 0 Å². The van der Waals surface area contributed by atoms with Gasteiger partial charge in [0, 0.05) is 21.5 Å². The first-order valence-corrected chi connectivity index (χ1v) is 9.74. The number of ether oxygens (including phenoxy) is 1. The lowest BCUT2D eigenvalue weighted by atomic mass is 10.1. The minimum atomic E-state index is -0.126. The van der Waals surface area contributed by atoms with Gasteiger partial charge in [-0.15, -0.1) is 0 Å². The zero-order chi connectivity index (χ0) is 17.8. The molecule has 0 heterocycles. The Morgan fingerprint density at radius 3 is 2.76 bits per heavy atom. The zero-order valence-corrected chi connectivity index (χ0v) is 16.4. The van der Waals surface area contributed by atoms with Crippen molar-refractivity contribution in [1.82, 2.24) is 5.32 Å². The molecule has 0 saturated heterocycles. The predicted octanol–water partition coefficient (Wildman–Crippen LogP) is 5.57. The molecular weight excluding hydrogens is 402 g/mol. The lowest BCUT2D eigenvalue weighted by Crippen LogP contribution is -2.27. The molecule has 2 aromatic rings. The van der Waals surface area contributed by atoms with Crippen LogP contribution in [0, 0.1) is 0 Å². The Hall–Kier alpha value is -1.52. The minimum absolute atomic E-state index is 0.126. The number of benzene rings is 2. The maximum absolute atomic E-state index is 12.7. The summed E-state index contributed by atoms with van der Waals surface area (Å²) in [5, 5.41) is 3.64. The van der Waals surface area contributed by atoms with Crippen molar-refractivity contribution in [2.45, 2.75) is 38.1 Å². The summed E-state index contributed by atoms with van der Waals surface area (Å²) in [6, 6.07) is 13.6. The second-order valence-corrected chi connectivity index (χ2v) is 7.67. The van der Waals surface area contributed by atoms with Crippen LogP contribution in [0.15, 0.2) is 46.9 Å². The third kappa shape index (κ3) is 4.77. The van der Waals surface area contributed by atoms with E-state index in [1.54, 1.807) is 18.2 Å². The van der Waals surface area contributed by atoms with Gasteiger partial charge in [-0.1, -0.05) is 53.0 Å². The first-order chi connectivity index (χ1) is 12.1. The quantitative estimate of drug-likeness (QED) is 0.593. The van der Waals surface area contributed by atoms with Crippen LogP contribution in [-0.2, 0) is 0 Å². The van der Waals surface area contributed by atoms with Crippen molar-refractivity contribution in [1.29, 1.82) is 0 Å². The molecule has 0 bridgehead atoms. The van der Waals surface area contributed by atoms with E-state index in [4.69, 9.17) is 16.3 Å². The van der Waals surface area contributed by atoms with E-state index in [0.29, 0.717) is 28.9 Å². The predicted molar refractivity (Wildman–Crippen MR) is 105 cm³/mol.